The fraction of sp³-hybridized carbons (Fsp3) is 0.625. The van der Waals surface area contributed by atoms with Crippen molar-refractivity contribution in [3.63, 3.8) is 0 Å². The van der Waals surface area contributed by atoms with E-state index in [1.807, 2.05) is 19.1 Å². The van der Waals surface area contributed by atoms with E-state index >= 15 is 0 Å². The summed E-state index contributed by atoms with van der Waals surface area (Å²) in [6, 6.07) is 3.90. The van der Waals surface area contributed by atoms with E-state index in [0.717, 1.165) is 31.4 Å². The quantitative estimate of drug-likeness (QED) is 0.626. The topological polar surface area (TPSA) is 27.7 Å². The minimum absolute atomic E-state index is 0.225. The Morgan fingerprint density at radius 1 is 1.29 bits per heavy atom. The molecule has 1 aliphatic rings. The molecule has 1 unspecified atom stereocenters. The van der Waals surface area contributed by atoms with E-state index in [1.54, 1.807) is 14.2 Å². The van der Waals surface area contributed by atoms with Crippen LogP contribution in [0, 0.1) is 5.92 Å². The van der Waals surface area contributed by atoms with E-state index in [2.05, 4.69) is 15.9 Å². The number of hydrogen-bond donors (Lipinski definition) is 0. The van der Waals surface area contributed by atoms with E-state index in [4.69, 9.17) is 25.8 Å². The van der Waals surface area contributed by atoms with Crippen LogP contribution in [0.15, 0.2) is 12.1 Å². The summed E-state index contributed by atoms with van der Waals surface area (Å²) in [5.41, 5.74) is 1.07. The summed E-state index contributed by atoms with van der Waals surface area (Å²) in [4.78, 5) is 0.225. The van der Waals surface area contributed by atoms with Gasteiger partial charge in [0, 0.05) is 17.0 Å². The molecule has 1 fully saturated rings. The Kier molecular flexibility index (Phi) is 6.20. The van der Waals surface area contributed by atoms with Gasteiger partial charge in [-0.15, -0.1) is 0 Å². The maximum atomic E-state index is 6.32. The van der Waals surface area contributed by atoms with E-state index < -0.39 is 0 Å². The third-order valence-electron chi connectivity index (χ3n) is 3.99. The Morgan fingerprint density at radius 3 is 2.57 bits per heavy atom. The van der Waals surface area contributed by atoms with Gasteiger partial charge in [-0.3, -0.25) is 0 Å². The molecule has 0 heterocycles. The number of ether oxygens (including phenoxy) is 3. The fourth-order valence-corrected chi connectivity index (χ4v) is 4.04. The molecule has 0 saturated heterocycles. The highest BCUT2D eigenvalue weighted by Crippen LogP contribution is 2.46. The summed E-state index contributed by atoms with van der Waals surface area (Å²) in [5.74, 6) is 2.02. The number of methoxy groups -OCH3 is 2. The number of rotatable bonds is 7. The van der Waals surface area contributed by atoms with Crippen molar-refractivity contribution < 1.29 is 14.2 Å². The number of alkyl halides is 1. The summed E-state index contributed by atoms with van der Waals surface area (Å²) >= 11 is 10.1. The SMILES string of the molecule is CCOC1CC(CC(Br)c2ccc(OC)c(Cl)c2OC)C1. The zero-order valence-corrected chi connectivity index (χ0v) is 15.0. The lowest BCUT2D eigenvalue weighted by molar-refractivity contribution is -0.0264. The maximum Gasteiger partial charge on any atom is 0.145 e. The summed E-state index contributed by atoms with van der Waals surface area (Å²) in [6.07, 6.45) is 3.79. The van der Waals surface area contributed by atoms with Gasteiger partial charge in [-0.05, 0) is 38.2 Å². The van der Waals surface area contributed by atoms with Gasteiger partial charge in [-0.1, -0.05) is 33.6 Å². The van der Waals surface area contributed by atoms with Crippen molar-refractivity contribution in [3.05, 3.63) is 22.7 Å². The van der Waals surface area contributed by atoms with Gasteiger partial charge in [-0.2, -0.15) is 0 Å². The lowest BCUT2D eigenvalue weighted by atomic mass is 9.78. The smallest absolute Gasteiger partial charge is 0.145 e. The van der Waals surface area contributed by atoms with Gasteiger partial charge in [0.2, 0.25) is 0 Å². The summed E-state index contributed by atoms with van der Waals surface area (Å²) < 4.78 is 16.3. The Bertz CT molecular complexity index is 475. The van der Waals surface area contributed by atoms with Crippen molar-refractivity contribution in [2.45, 2.75) is 37.1 Å². The fourth-order valence-electron chi connectivity index (χ4n) is 2.82. The highest BCUT2D eigenvalue weighted by Gasteiger charge is 2.32. The van der Waals surface area contributed by atoms with Crippen LogP contribution < -0.4 is 9.47 Å². The largest absolute Gasteiger partial charge is 0.495 e. The molecule has 21 heavy (non-hydrogen) atoms. The molecule has 1 aliphatic carbocycles. The third kappa shape index (κ3) is 3.85. The van der Waals surface area contributed by atoms with Crippen molar-refractivity contribution >= 4 is 27.5 Å². The molecule has 3 nitrogen and oxygen atoms in total. The van der Waals surface area contributed by atoms with Gasteiger partial charge < -0.3 is 14.2 Å². The van der Waals surface area contributed by atoms with Crippen molar-refractivity contribution in [2.75, 3.05) is 20.8 Å². The van der Waals surface area contributed by atoms with Crippen LogP contribution in [0.25, 0.3) is 0 Å². The van der Waals surface area contributed by atoms with Gasteiger partial charge >= 0.3 is 0 Å². The average Bonchev–Trinajstić information content (AvgIpc) is 2.44. The summed E-state index contributed by atoms with van der Waals surface area (Å²) in [6.45, 7) is 2.85. The second-order valence-corrected chi connectivity index (χ2v) is 6.81. The lowest BCUT2D eigenvalue weighted by Crippen LogP contribution is -2.31. The molecule has 0 amide bonds. The van der Waals surface area contributed by atoms with Crippen molar-refractivity contribution in [3.8, 4) is 11.5 Å². The molecule has 118 valence electrons. The predicted molar refractivity (Wildman–Crippen MR) is 89.0 cm³/mol. The molecular formula is C16H22BrClO3. The summed E-state index contributed by atoms with van der Waals surface area (Å²) in [7, 11) is 3.24. The number of benzene rings is 1. The van der Waals surface area contributed by atoms with Crippen LogP contribution in [0.3, 0.4) is 0 Å². The number of halogens is 2. The minimum Gasteiger partial charge on any atom is -0.495 e. The molecular weight excluding hydrogens is 356 g/mol. The van der Waals surface area contributed by atoms with E-state index in [-0.39, 0.29) is 4.83 Å². The van der Waals surface area contributed by atoms with Crippen molar-refractivity contribution in [2.24, 2.45) is 5.92 Å². The number of hydrogen-bond acceptors (Lipinski definition) is 3. The van der Waals surface area contributed by atoms with E-state index in [0.29, 0.717) is 28.5 Å². The Labute approximate surface area is 140 Å². The van der Waals surface area contributed by atoms with Crippen LogP contribution in [0.5, 0.6) is 11.5 Å². The van der Waals surface area contributed by atoms with Crippen LogP contribution in [-0.4, -0.2) is 26.9 Å². The molecule has 0 N–H and O–H groups in total. The molecule has 1 atom stereocenters. The van der Waals surface area contributed by atoms with E-state index in [1.165, 1.54) is 0 Å². The van der Waals surface area contributed by atoms with Gasteiger partial charge in [0.05, 0.1) is 20.3 Å². The molecule has 1 aromatic carbocycles. The van der Waals surface area contributed by atoms with Crippen LogP contribution in [0.1, 0.15) is 36.6 Å². The second kappa shape index (κ2) is 7.70. The molecule has 0 radical (unpaired) electrons. The van der Waals surface area contributed by atoms with Gasteiger partial charge in [0.15, 0.2) is 0 Å². The first-order chi connectivity index (χ1) is 10.1. The zero-order valence-electron chi connectivity index (χ0n) is 12.7. The highest BCUT2D eigenvalue weighted by molar-refractivity contribution is 9.09. The normalized spacial score (nSPS) is 22.5. The van der Waals surface area contributed by atoms with Crippen LogP contribution in [-0.2, 0) is 4.74 Å². The molecule has 1 aromatic rings. The predicted octanol–water partition coefficient (Wildman–Crippen LogP) is 5.00. The molecule has 5 heteroatoms. The highest BCUT2D eigenvalue weighted by atomic mass is 79.9. The van der Waals surface area contributed by atoms with E-state index in [9.17, 15) is 0 Å². The lowest BCUT2D eigenvalue weighted by Gasteiger charge is -2.36. The first-order valence-corrected chi connectivity index (χ1v) is 8.56. The van der Waals surface area contributed by atoms with Crippen molar-refractivity contribution in [1.82, 2.24) is 0 Å². The zero-order chi connectivity index (χ0) is 15.4. The monoisotopic (exact) mass is 376 g/mol. The molecule has 1 saturated carbocycles. The first-order valence-electron chi connectivity index (χ1n) is 7.26. The maximum absolute atomic E-state index is 6.32. The molecule has 2 rings (SSSR count). The van der Waals surface area contributed by atoms with Crippen molar-refractivity contribution in [1.29, 1.82) is 0 Å². The standard InChI is InChI=1S/C16H22BrClO3/c1-4-21-11-7-10(8-11)9-13(17)12-5-6-14(19-2)15(18)16(12)20-3/h5-6,10-11,13H,4,7-9H2,1-3H3. The second-order valence-electron chi connectivity index (χ2n) is 5.32. The first kappa shape index (κ1) is 16.9. The Hall–Kier alpha value is -0.450. The molecule has 0 bridgehead atoms. The molecule has 0 aliphatic heterocycles. The minimum atomic E-state index is 0.225. The van der Waals surface area contributed by atoms with Crippen LogP contribution >= 0.6 is 27.5 Å². The summed E-state index contributed by atoms with van der Waals surface area (Å²) in [5, 5.41) is 0.530. The average molecular weight is 378 g/mol. The third-order valence-corrected chi connectivity index (χ3v) is 5.21. The Balaban J connectivity index is 2.03. The molecule has 0 spiro atoms. The molecule has 0 aromatic heterocycles. The van der Waals surface area contributed by atoms with Gasteiger partial charge in [0.1, 0.15) is 16.5 Å². The van der Waals surface area contributed by atoms with Gasteiger partial charge in [0.25, 0.3) is 0 Å². The van der Waals surface area contributed by atoms with Gasteiger partial charge in [-0.25, -0.2) is 0 Å². The van der Waals surface area contributed by atoms with Crippen LogP contribution in [0.2, 0.25) is 5.02 Å². The Morgan fingerprint density at radius 2 is 2.00 bits per heavy atom. The van der Waals surface area contributed by atoms with Crippen LogP contribution in [0.4, 0.5) is 0 Å².